The number of rotatable bonds is 3. The van der Waals surface area contributed by atoms with E-state index in [1.165, 1.54) is 5.56 Å². The fraction of sp³-hybridized carbons (Fsp3) is 0.727. The molecule has 1 aliphatic rings. The lowest BCUT2D eigenvalue weighted by Gasteiger charge is -2.22. The van der Waals surface area contributed by atoms with Crippen LogP contribution in [-0.2, 0) is 24.4 Å². The quantitative estimate of drug-likeness (QED) is 0.848. The molecule has 1 aromatic rings. The Morgan fingerprint density at radius 2 is 2.25 bits per heavy atom. The Morgan fingerprint density at radius 1 is 1.56 bits per heavy atom. The highest BCUT2D eigenvalue weighted by Crippen LogP contribution is 2.11. The van der Waals surface area contributed by atoms with Crippen molar-refractivity contribution in [2.24, 2.45) is 7.05 Å². The zero-order valence-corrected chi connectivity index (χ0v) is 10.7. The van der Waals surface area contributed by atoms with E-state index in [0.29, 0.717) is 6.04 Å². The minimum atomic E-state index is -0.566. The van der Waals surface area contributed by atoms with Gasteiger partial charge >= 0.3 is 0 Å². The topological polar surface area (TPSA) is 46.9 Å². The molecule has 16 heavy (non-hydrogen) atoms. The predicted octanol–water partition coefficient (Wildman–Crippen LogP) is 0.729. The Hall–Kier alpha value is -0.680. The van der Waals surface area contributed by atoms with Gasteiger partial charge in [-0.05, 0) is 19.8 Å². The largest absolute Gasteiger partial charge is 0.310 e. The second-order valence-electron chi connectivity index (χ2n) is 4.42. The van der Waals surface area contributed by atoms with Gasteiger partial charge in [-0.1, -0.05) is 0 Å². The van der Waals surface area contributed by atoms with Crippen molar-refractivity contribution in [3.63, 3.8) is 0 Å². The van der Waals surface area contributed by atoms with Crippen molar-refractivity contribution in [3.05, 3.63) is 17.5 Å². The highest BCUT2D eigenvalue weighted by Gasteiger charge is 2.17. The summed E-state index contributed by atoms with van der Waals surface area (Å²) < 4.78 is 13.1. The fourth-order valence-corrected chi connectivity index (χ4v) is 3.37. The summed E-state index contributed by atoms with van der Waals surface area (Å²) in [7, 11) is 1.38. The van der Waals surface area contributed by atoms with E-state index in [1.807, 2.05) is 18.7 Å². The molecule has 2 rings (SSSR count). The Bertz CT molecular complexity index is 379. The molecule has 2 heterocycles. The van der Waals surface area contributed by atoms with Crippen LogP contribution >= 0.6 is 0 Å². The number of aryl methyl sites for hydroxylation is 2. The third kappa shape index (κ3) is 2.92. The molecule has 0 radical (unpaired) electrons. The molecule has 90 valence electrons. The maximum Gasteiger partial charge on any atom is 0.0638 e. The van der Waals surface area contributed by atoms with E-state index in [2.05, 4.69) is 16.6 Å². The summed E-state index contributed by atoms with van der Waals surface area (Å²) in [5.74, 6) is 1.70. The van der Waals surface area contributed by atoms with E-state index < -0.39 is 10.8 Å². The van der Waals surface area contributed by atoms with Crippen molar-refractivity contribution in [2.45, 2.75) is 32.4 Å². The van der Waals surface area contributed by atoms with Crippen molar-refractivity contribution in [2.75, 3.05) is 11.5 Å². The molecule has 1 N–H and O–H groups in total. The highest BCUT2D eigenvalue weighted by molar-refractivity contribution is 7.85. The van der Waals surface area contributed by atoms with Crippen LogP contribution in [0.1, 0.15) is 24.1 Å². The minimum absolute atomic E-state index is 0.525. The van der Waals surface area contributed by atoms with E-state index in [4.69, 9.17) is 0 Å². The van der Waals surface area contributed by atoms with Gasteiger partial charge in [-0.25, -0.2) is 0 Å². The van der Waals surface area contributed by atoms with Crippen molar-refractivity contribution in [1.82, 2.24) is 15.1 Å². The lowest BCUT2D eigenvalue weighted by molar-refractivity contribution is 0.474. The lowest BCUT2D eigenvalue weighted by atomic mass is 10.1. The molecule has 0 spiro atoms. The van der Waals surface area contributed by atoms with Gasteiger partial charge in [0.15, 0.2) is 0 Å². The van der Waals surface area contributed by atoms with Gasteiger partial charge in [0.05, 0.1) is 5.69 Å². The van der Waals surface area contributed by atoms with Crippen LogP contribution in [0.25, 0.3) is 0 Å². The van der Waals surface area contributed by atoms with E-state index in [-0.39, 0.29) is 0 Å². The van der Waals surface area contributed by atoms with E-state index in [0.717, 1.165) is 36.6 Å². The second-order valence-corrected chi connectivity index (χ2v) is 6.11. The Morgan fingerprint density at radius 3 is 2.81 bits per heavy atom. The molecule has 1 fully saturated rings. The normalized spacial score (nSPS) is 25.9. The standard InChI is InChI=1S/C11H19N3OS/c1-9-10(8-14(2)13-9)7-12-11-3-5-16(15)6-4-11/h8,11-12H,3-7H2,1-2H3. The van der Waals surface area contributed by atoms with Crippen LogP contribution in [0.4, 0.5) is 0 Å². The maximum atomic E-state index is 11.2. The Balaban J connectivity index is 1.83. The van der Waals surface area contributed by atoms with Gasteiger partial charge in [0.1, 0.15) is 0 Å². The van der Waals surface area contributed by atoms with Gasteiger partial charge in [0.25, 0.3) is 0 Å². The smallest absolute Gasteiger partial charge is 0.0638 e. The average molecular weight is 241 g/mol. The zero-order valence-electron chi connectivity index (χ0n) is 9.90. The lowest BCUT2D eigenvalue weighted by Crippen LogP contribution is -2.35. The van der Waals surface area contributed by atoms with E-state index in [9.17, 15) is 4.21 Å². The van der Waals surface area contributed by atoms with E-state index >= 15 is 0 Å². The molecule has 0 amide bonds. The molecule has 1 aromatic heterocycles. The first-order chi connectivity index (χ1) is 7.65. The highest BCUT2D eigenvalue weighted by atomic mass is 32.2. The Labute approximate surface area is 98.9 Å². The summed E-state index contributed by atoms with van der Waals surface area (Å²) in [4.78, 5) is 0. The van der Waals surface area contributed by atoms with Crippen LogP contribution in [0.15, 0.2) is 6.20 Å². The van der Waals surface area contributed by atoms with Crippen LogP contribution in [0.2, 0.25) is 0 Å². The molecule has 0 saturated carbocycles. The molecule has 0 aromatic carbocycles. The molecule has 1 saturated heterocycles. The van der Waals surface area contributed by atoms with Crippen molar-refractivity contribution in [3.8, 4) is 0 Å². The molecule has 4 nitrogen and oxygen atoms in total. The number of nitrogens with one attached hydrogen (secondary N) is 1. The molecule has 1 aliphatic heterocycles. The second kappa shape index (κ2) is 5.10. The van der Waals surface area contributed by atoms with Crippen LogP contribution in [0.3, 0.4) is 0 Å². The Kier molecular flexibility index (Phi) is 3.76. The van der Waals surface area contributed by atoms with Crippen molar-refractivity contribution in [1.29, 1.82) is 0 Å². The molecule has 0 aliphatic carbocycles. The number of hydrogen-bond donors (Lipinski definition) is 1. The molecule has 5 heteroatoms. The maximum absolute atomic E-state index is 11.2. The van der Waals surface area contributed by atoms with Gasteiger partial charge in [-0.15, -0.1) is 0 Å². The zero-order chi connectivity index (χ0) is 11.5. The molecule has 0 unspecified atom stereocenters. The van der Waals surface area contributed by atoms with Crippen molar-refractivity contribution < 1.29 is 4.21 Å². The van der Waals surface area contributed by atoms with Gasteiger partial charge in [0.2, 0.25) is 0 Å². The van der Waals surface area contributed by atoms with Crippen LogP contribution in [-0.4, -0.2) is 31.5 Å². The van der Waals surface area contributed by atoms with E-state index in [1.54, 1.807) is 0 Å². The summed E-state index contributed by atoms with van der Waals surface area (Å²) in [5.41, 5.74) is 2.35. The van der Waals surface area contributed by atoms with Gasteiger partial charge in [-0.2, -0.15) is 5.10 Å². The van der Waals surface area contributed by atoms with Crippen LogP contribution in [0.5, 0.6) is 0 Å². The fourth-order valence-electron chi connectivity index (χ4n) is 2.07. The monoisotopic (exact) mass is 241 g/mol. The molecule has 0 atom stereocenters. The van der Waals surface area contributed by atoms with Gasteiger partial charge < -0.3 is 5.32 Å². The van der Waals surface area contributed by atoms with Crippen LogP contribution < -0.4 is 5.32 Å². The van der Waals surface area contributed by atoms with Gasteiger partial charge in [-0.3, -0.25) is 8.89 Å². The summed E-state index contributed by atoms with van der Waals surface area (Å²) in [6.07, 6.45) is 4.13. The van der Waals surface area contributed by atoms with Gasteiger partial charge in [0, 0.05) is 53.7 Å². The minimum Gasteiger partial charge on any atom is -0.310 e. The van der Waals surface area contributed by atoms with Crippen LogP contribution in [0, 0.1) is 6.92 Å². The number of aromatic nitrogens is 2. The summed E-state index contributed by atoms with van der Waals surface area (Å²) in [5, 5.41) is 7.84. The first-order valence-electron chi connectivity index (χ1n) is 5.72. The first kappa shape index (κ1) is 11.8. The summed E-state index contributed by atoms with van der Waals surface area (Å²) in [6.45, 7) is 2.91. The third-order valence-corrected chi connectivity index (χ3v) is 4.47. The predicted molar refractivity (Wildman–Crippen MR) is 65.7 cm³/mol. The molecular formula is C11H19N3OS. The first-order valence-corrected chi connectivity index (χ1v) is 7.21. The number of nitrogens with zero attached hydrogens (tertiary/aromatic N) is 2. The summed E-state index contributed by atoms with van der Waals surface area (Å²) >= 11 is 0. The van der Waals surface area contributed by atoms with Crippen molar-refractivity contribution >= 4 is 10.8 Å². The summed E-state index contributed by atoms with van der Waals surface area (Å²) in [6, 6.07) is 0.525. The molecular weight excluding hydrogens is 222 g/mol. The third-order valence-electron chi connectivity index (χ3n) is 3.08. The number of hydrogen-bond acceptors (Lipinski definition) is 3. The molecule has 0 bridgehead atoms. The SMILES string of the molecule is Cc1nn(C)cc1CNC1CCS(=O)CC1. The average Bonchev–Trinajstić information content (AvgIpc) is 2.57.